The second-order valence-electron chi connectivity index (χ2n) is 5.36. The standard InChI is InChI=1S/C17H19NOS/c1-12(16-10-5-11-20-16)18-17(19)15-9-4-7-13-6-2-3-8-14(13)15/h4-5,7,9-12H,2-3,6,8H2,1H3,(H,18,19)/t12-/m0/s1. The molecule has 1 amide bonds. The van der Waals surface area contributed by atoms with Crippen molar-refractivity contribution in [3.05, 3.63) is 57.3 Å². The van der Waals surface area contributed by atoms with Crippen molar-refractivity contribution in [3.8, 4) is 0 Å². The Morgan fingerprint density at radius 3 is 2.85 bits per heavy atom. The van der Waals surface area contributed by atoms with Gasteiger partial charge in [-0.25, -0.2) is 0 Å². The van der Waals surface area contributed by atoms with Crippen LogP contribution in [0.15, 0.2) is 35.7 Å². The zero-order chi connectivity index (χ0) is 13.9. The molecule has 20 heavy (non-hydrogen) atoms. The zero-order valence-electron chi connectivity index (χ0n) is 11.7. The molecule has 1 aliphatic carbocycles. The molecule has 3 rings (SSSR count). The maximum absolute atomic E-state index is 12.5. The molecular weight excluding hydrogens is 266 g/mol. The summed E-state index contributed by atoms with van der Waals surface area (Å²) < 4.78 is 0. The molecule has 1 aliphatic rings. The fourth-order valence-corrected chi connectivity index (χ4v) is 3.61. The third-order valence-electron chi connectivity index (χ3n) is 3.96. The number of carbonyl (C=O) groups excluding carboxylic acids is 1. The third kappa shape index (κ3) is 2.63. The molecule has 2 aromatic rings. The fourth-order valence-electron chi connectivity index (χ4n) is 2.88. The molecule has 1 aromatic heterocycles. The Kier molecular flexibility index (Phi) is 3.88. The van der Waals surface area contributed by atoms with Crippen molar-refractivity contribution in [1.29, 1.82) is 0 Å². The lowest BCUT2D eigenvalue weighted by molar-refractivity contribution is 0.0939. The molecule has 104 valence electrons. The Morgan fingerprint density at radius 1 is 1.20 bits per heavy atom. The first kappa shape index (κ1) is 13.4. The third-order valence-corrected chi connectivity index (χ3v) is 5.01. The van der Waals surface area contributed by atoms with Crippen molar-refractivity contribution in [3.63, 3.8) is 0 Å². The minimum absolute atomic E-state index is 0.0599. The van der Waals surface area contributed by atoms with E-state index in [1.165, 1.54) is 28.8 Å². The summed E-state index contributed by atoms with van der Waals surface area (Å²) in [5.41, 5.74) is 3.48. The number of benzene rings is 1. The van der Waals surface area contributed by atoms with Gasteiger partial charge in [0.05, 0.1) is 6.04 Å². The molecule has 1 atom stereocenters. The first-order valence-corrected chi connectivity index (χ1v) is 8.08. The van der Waals surface area contributed by atoms with Crippen LogP contribution in [0.1, 0.15) is 52.2 Å². The summed E-state index contributed by atoms with van der Waals surface area (Å²) in [5, 5.41) is 5.16. The van der Waals surface area contributed by atoms with Gasteiger partial charge < -0.3 is 5.32 Å². The first-order chi connectivity index (χ1) is 9.75. The lowest BCUT2D eigenvalue weighted by Gasteiger charge is -2.20. The van der Waals surface area contributed by atoms with Crippen molar-refractivity contribution >= 4 is 17.2 Å². The van der Waals surface area contributed by atoms with E-state index < -0.39 is 0 Å². The van der Waals surface area contributed by atoms with Crippen LogP contribution in [0.2, 0.25) is 0 Å². The van der Waals surface area contributed by atoms with E-state index in [-0.39, 0.29) is 11.9 Å². The van der Waals surface area contributed by atoms with E-state index in [9.17, 15) is 4.79 Å². The normalized spacial score (nSPS) is 15.4. The summed E-state index contributed by atoms with van der Waals surface area (Å²) in [5.74, 6) is 0.0599. The van der Waals surface area contributed by atoms with Crippen LogP contribution in [0.5, 0.6) is 0 Å². The minimum Gasteiger partial charge on any atom is -0.345 e. The summed E-state index contributed by atoms with van der Waals surface area (Å²) in [6.07, 6.45) is 4.57. The average molecular weight is 285 g/mol. The van der Waals surface area contributed by atoms with Gasteiger partial charge in [0, 0.05) is 10.4 Å². The lowest BCUT2D eigenvalue weighted by Crippen LogP contribution is -2.27. The number of amides is 1. The number of nitrogens with one attached hydrogen (secondary N) is 1. The van der Waals surface area contributed by atoms with E-state index in [1.807, 2.05) is 30.5 Å². The fraction of sp³-hybridized carbons (Fsp3) is 0.353. The monoisotopic (exact) mass is 285 g/mol. The molecule has 0 spiro atoms. The van der Waals surface area contributed by atoms with Gasteiger partial charge in [-0.3, -0.25) is 4.79 Å². The SMILES string of the molecule is C[C@H](NC(=O)c1cccc2c1CCCC2)c1cccs1. The number of hydrogen-bond acceptors (Lipinski definition) is 2. The molecule has 0 saturated carbocycles. The van der Waals surface area contributed by atoms with Crippen LogP contribution in [0.3, 0.4) is 0 Å². The summed E-state index contributed by atoms with van der Waals surface area (Å²) in [6.45, 7) is 2.04. The summed E-state index contributed by atoms with van der Waals surface area (Å²) in [6, 6.07) is 10.3. The summed E-state index contributed by atoms with van der Waals surface area (Å²) >= 11 is 1.68. The molecular formula is C17H19NOS. The van der Waals surface area contributed by atoms with Crippen molar-refractivity contribution < 1.29 is 4.79 Å². The maximum Gasteiger partial charge on any atom is 0.252 e. The van der Waals surface area contributed by atoms with Gasteiger partial charge in [-0.2, -0.15) is 0 Å². The smallest absolute Gasteiger partial charge is 0.252 e. The van der Waals surface area contributed by atoms with E-state index in [1.54, 1.807) is 11.3 Å². The average Bonchev–Trinajstić information content (AvgIpc) is 3.01. The summed E-state index contributed by atoms with van der Waals surface area (Å²) in [4.78, 5) is 13.7. The Balaban J connectivity index is 1.81. The number of rotatable bonds is 3. The largest absolute Gasteiger partial charge is 0.345 e. The molecule has 0 bridgehead atoms. The first-order valence-electron chi connectivity index (χ1n) is 7.21. The molecule has 2 nitrogen and oxygen atoms in total. The van der Waals surface area contributed by atoms with Crippen molar-refractivity contribution in [2.75, 3.05) is 0 Å². The van der Waals surface area contributed by atoms with Gasteiger partial charge in [-0.15, -0.1) is 11.3 Å². The van der Waals surface area contributed by atoms with Gasteiger partial charge >= 0.3 is 0 Å². The second-order valence-corrected chi connectivity index (χ2v) is 6.34. The Hall–Kier alpha value is -1.61. The minimum atomic E-state index is 0.0599. The van der Waals surface area contributed by atoms with Gasteiger partial charge in [0.25, 0.3) is 5.91 Å². The quantitative estimate of drug-likeness (QED) is 0.903. The number of hydrogen-bond donors (Lipinski definition) is 1. The van der Waals surface area contributed by atoms with Crippen molar-refractivity contribution in [2.24, 2.45) is 0 Å². The van der Waals surface area contributed by atoms with E-state index in [2.05, 4.69) is 17.4 Å². The molecule has 0 saturated heterocycles. The number of fused-ring (bicyclic) bond motifs is 1. The second kappa shape index (κ2) is 5.80. The van der Waals surface area contributed by atoms with Crippen LogP contribution in [-0.4, -0.2) is 5.91 Å². The molecule has 3 heteroatoms. The van der Waals surface area contributed by atoms with Crippen LogP contribution >= 0.6 is 11.3 Å². The maximum atomic E-state index is 12.5. The molecule has 0 fully saturated rings. The Labute approximate surface area is 123 Å². The van der Waals surface area contributed by atoms with Crippen LogP contribution in [-0.2, 0) is 12.8 Å². The highest BCUT2D eigenvalue weighted by Crippen LogP contribution is 2.25. The highest BCUT2D eigenvalue weighted by molar-refractivity contribution is 7.10. The molecule has 0 unspecified atom stereocenters. The predicted molar refractivity (Wildman–Crippen MR) is 83.3 cm³/mol. The van der Waals surface area contributed by atoms with Crippen LogP contribution in [0, 0.1) is 0 Å². The van der Waals surface area contributed by atoms with Gasteiger partial charge in [-0.1, -0.05) is 18.2 Å². The highest BCUT2D eigenvalue weighted by atomic mass is 32.1. The Morgan fingerprint density at radius 2 is 2.05 bits per heavy atom. The van der Waals surface area contributed by atoms with Crippen LogP contribution in [0.25, 0.3) is 0 Å². The zero-order valence-corrected chi connectivity index (χ0v) is 12.5. The highest BCUT2D eigenvalue weighted by Gasteiger charge is 2.19. The van der Waals surface area contributed by atoms with Gasteiger partial charge in [0.1, 0.15) is 0 Å². The number of aryl methyl sites for hydroxylation is 1. The van der Waals surface area contributed by atoms with Crippen LogP contribution in [0.4, 0.5) is 0 Å². The van der Waals surface area contributed by atoms with Gasteiger partial charge in [0.2, 0.25) is 0 Å². The van der Waals surface area contributed by atoms with E-state index in [0.29, 0.717) is 0 Å². The number of thiophene rings is 1. The van der Waals surface area contributed by atoms with E-state index >= 15 is 0 Å². The molecule has 1 N–H and O–H groups in total. The summed E-state index contributed by atoms with van der Waals surface area (Å²) in [7, 11) is 0. The molecule has 1 aromatic carbocycles. The van der Waals surface area contributed by atoms with E-state index in [4.69, 9.17) is 0 Å². The van der Waals surface area contributed by atoms with E-state index in [0.717, 1.165) is 18.4 Å². The predicted octanol–water partition coefficient (Wildman–Crippen LogP) is 4.12. The van der Waals surface area contributed by atoms with Crippen LogP contribution < -0.4 is 5.32 Å². The van der Waals surface area contributed by atoms with Crippen molar-refractivity contribution in [1.82, 2.24) is 5.32 Å². The number of carbonyl (C=O) groups is 1. The molecule has 0 radical (unpaired) electrons. The Bertz CT molecular complexity index is 603. The molecule has 0 aliphatic heterocycles. The van der Waals surface area contributed by atoms with Gasteiger partial charge in [0.15, 0.2) is 0 Å². The lowest BCUT2D eigenvalue weighted by atomic mass is 9.88. The van der Waals surface area contributed by atoms with Crippen molar-refractivity contribution in [2.45, 2.75) is 38.6 Å². The topological polar surface area (TPSA) is 29.1 Å². The van der Waals surface area contributed by atoms with Gasteiger partial charge in [-0.05, 0) is 61.2 Å². The molecule has 1 heterocycles.